The van der Waals surface area contributed by atoms with Gasteiger partial charge in [-0.05, 0) is 31.4 Å². The Labute approximate surface area is 113 Å². The van der Waals surface area contributed by atoms with Crippen molar-refractivity contribution in [3.63, 3.8) is 0 Å². The van der Waals surface area contributed by atoms with Gasteiger partial charge in [0, 0.05) is 25.2 Å². The van der Waals surface area contributed by atoms with Gasteiger partial charge in [0.2, 0.25) is 0 Å². The second-order valence-electron chi connectivity index (χ2n) is 5.46. The molecule has 0 bridgehead atoms. The van der Waals surface area contributed by atoms with E-state index in [0.717, 1.165) is 43.6 Å². The highest BCUT2D eigenvalue weighted by Crippen LogP contribution is 2.22. The number of likely N-dealkylation sites (tertiary alicyclic amines) is 1. The quantitative estimate of drug-likeness (QED) is 0.330. The first kappa shape index (κ1) is 13.8. The lowest BCUT2D eigenvalue weighted by Gasteiger charge is -2.35. The van der Waals surface area contributed by atoms with Crippen LogP contribution in [0.3, 0.4) is 0 Å². The van der Waals surface area contributed by atoms with E-state index in [2.05, 4.69) is 10.1 Å². The van der Waals surface area contributed by atoms with E-state index in [9.17, 15) is 5.11 Å². The molecule has 0 amide bonds. The zero-order valence-corrected chi connectivity index (χ0v) is 11.2. The highest BCUT2D eigenvalue weighted by Gasteiger charge is 2.27. The molecule has 0 radical (unpaired) electrons. The first-order chi connectivity index (χ1) is 9.00. The minimum absolute atomic E-state index is 0.128. The van der Waals surface area contributed by atoms with Crippen molar-refractivity contribution in [1.29, 1.82) is 0 Å². The van der Waals surface area contributed by atoms with Crippen molar-refractivity contribution in [2.75, 3.05) is 13.1 Å². The normalized spacial score (nSPS) is 20.4. The Balaban J connectivity index is 2.00. The zero-order valence-electron chi connectivity index (χ0n) is 11.2. The molecule has 5 heteroatoms. The Bertz CT molecular complexity index is 462. The van der Waals surface area contributed by atoms with Crippen molar-refractivity contribution in [1.82, 2.24) is 4.90 Å². The fraction of sp³-hybridized carbons (Fsp3) is 0.500. The van der Waals surface area contributed by atoms with Crippen LogP contribution in [-0.2, 0) is 6.54 Å². The first-order valence-electron chi connectivity index (χ1n) is 6.52. The fourth-order valence-corrected chi connectivity index (χ4v) is 2.34. The van der Waals surface area contributed by atoms with Gasteiger partial charge in [0.15, 0.2) is 5.84 Å². The van der Waals surface area contributed by atoms with Gasteiger partial charge in [0.1, 0.15) is 0 Å². The molecule has 104 valence electrons. The predicted octanol–water partition coefficient (Wildman–Crippen LogP) is 1.13. The van der Waals surface area contributed by atoms with Gasteiger partial charge < -0.3 is 16.0 Å². The molecule has 0 atom stereocenters. The molecule has 4 N–H and O–H groups in total. The number of hydrogen-bond donors (Lipinski definition) is 3. The van der Waals surface area contributed by atoms with Crippen molar-refractivity contribution in [2.24, 2.45) is 10.9 Å². The van der Waals surface area contributed by atoms with Crippen molar-refractivity contribution < 1.29 is 10.3 Å². The highest BCUT2D eigenvalue weighted by atomic mass is 16.4. The molecule has 0 saturated carbocycles. The summed E-state index contributed by atoms with van der Waals surface area (Å²) in [7, 11) is 0. The summed E-state index contributed by atoms with van der Waals surface area (Å²) in [6.45, 7) is 4.49. The van der Waals surface area contributed by atoms with E-state index in [4.69, 9.17) is 10.9 Å². The average Bonchev–Trinajstić information content (AvgIpc) is 2.41. The number of aliphatic hydroxyl groups is 1. The lowest BCUT2D eigenvalue weighted by atomic mass is 9.93. The molecule has 1 heterocycles. The van der Waals surface area contributed by atoms with Gasteiger partial charge in [0.25, 0.3) is 0 Å². The van der Waals surface area contributed by atoms with E-state index in [1.165, 1.54) is 0 Å². The van der Waals surface area contributed by atoms with Crippen molar-refractivity contribution >= 4 is 5.84 Å². The summed E-state index contributed by atoms with van der Waals surface area (Å²) in [4.78, 5) is 2.31. The first-order valence-corrected chi connectivity index (χ1v) is 6.52. The lowest BCUT2D eigenvalue weighted by Crippen LogP contribution is -2.41. The Kier molecular flexibility index (Phi) is 4.07. The Morgan fingerprint density at radius 1 is 1.42 bits per heavy atom. The SMILES string of the molecule is CC1(O)CCN(Cc2cccc(/C(N)=N/O)c2)CC1. The summed E-state index contributed by atoms with van der Waals surface area (Å²) in [5, 5.41) is 21.6. The molecule has 1 aliphatic heterocycles. The molecule has 5 nitrogen and oxygen atoms in total. The largest absolute Gasteiger partial charge is 0.409 e. The second kappa shape index (κ2) is 5.59. The van der Waals surface area contributed by atoms with E-state index >= 15 is 0 Å². The van der Waals surface area contributed by atoms with Crippen molar-refractivity contribution in [3.05, 3.63) is 35.4 Å². The van der Waals surface area contributed by atoms with Gasteiger partial charge >= 0.3 is 0 Å². The van der Waals surface area contributed by atoms with Gasteiger partial charge in [-0.15, -0.1) is 0 Å². The van der Waals surface area contributed by atoms with Gasteiger partial charge in [0.05, 0.1) is 5.60 Å². The minimum Gasteiger partial charge on any atom is -0.409 e. The summed E-state index contributed by atoms with van der Waals surface area (Å²) in [5.74, 6) is 0.128. The minimum atomic E-state index is -0.522. The van der Waals surface area contributed by atoms with E-state index in [-0.39, 0.29) is 5.84 Å². The molecule has 1 fully saturated rings. The van der Waals surface area contributed by atoms with Crippen LogP contribution in [0.5, 0.6) is 0 Å². The number of benzene rings is 1. The number of nitrogens with zero attached hydrogens (tertiary/aromatic N) is 2. The van der Waals surface area contributed by atoms with Crippen LogP contribution in [0.2, 0.25) is 0 Å². The van der Waals surface area contributed by atoms with Crippen LogP contribution < -0.4 is 5.73 Å². The smallest absolute Gasteiger partial charge is 0.170 e. The standard InChI is InChI=1S/C14H21N3O2/c1-14(18)5-7-17(8-6-14)10-11-3-2-4-12(9-11)13(15)16-19/h2-4,9,18-19H,5-8,10H2,1H3,(H2,15,16). The van der Waals surface area contributed by atoms with Crippen molar-refractivity contribution in [2.45, 2.75) is 31.9 Å². The number of piperidine rings is 1. The molecule has 1 aliphatic rings. The molecular formula is C14H21N3O2. The van der Waals surface area contributed by atoms with Gasteiger partial charge in [-0.25, -0.2) is 0 Å². The molecule has 0 unspecified atom stereocenters. The number of nitrogens with two attached hydrogens (primary N) is 1. The Hall–Kier alpha value is -1.59. The molecule has 1 aromatic rings. The molecular weight excluding hydrogens is 242 g/mol. The molecule has 1 saturated heterocycles. The topological polar surface area (TPSA) is 82.1 Å². The maximum atomic E-state index is 9.92. The van der Waals surface area contributed by atoms with E-state index < -0.39 is 5.60 Å². The second-order valence-corrected chi connectivity index (χ2v) is 5.46. The number of rotatable bonds is 3. The van der Waals surface area contributed by atoms with Crippen LogP contribution in [0, 0.1) is 0 Å². The summed E-state index contributed by atoms with van der Waals surface area (Å²) in [5.41, 5.74) is 6.92. The van der Waals surface area contributed by atoms with E-state index in [1.807, 2.05) is 31.2 Å². The van der Waals surface area contributed by atoms with Crippen LogP contribution in [0.1, 0.15) is 30.9 Å². The van der Waals surface area contributed by atoms with Crippen LogP contribution in [0.25, 0.3) is 0 Å². The summed E-state index contributed by atoms with van der Waals surface area (Å²) in [6, 6.07) is 7.69. The van der Waals surface area contributed by atoms with Gasteiger partial charge in [-0.1, -0.05) is 23.4 Å². The third-order valence-corrected chi connectivity index (χ3v) is 3.67. The molecule has 19 heavy (non-hydrogen) atoms. The van der Waals surface area contributed by atoms with Crippen LogP contribution in [-0.4, -0.2) is 39.7 Å². The van der Waals surface area contributed by atoms with Gasteiger partial charge in [-0.2, -0.15) is 0 Å². The third kappa shape index (κ3) is 3.68. The maximum Gasteiger partial charge on any atom is 0.170 e. The summed E-state index contributed by atoms with van der Waals surface area (Å²) in [6.07, 6.45) is 1.60. The number of hydrogen-bond acceptors (Lipinski definition) is 4. The number of oxime groups is 1. The van der Waals surface area contributed by atoms with Crippen molar-refractivity contribution in [3.8, 4) is 0 Å². The maximum absolute atomic E-state index is 9.92. The monoisotopic (exact) mass is 263 g/mol. The summed E-state index contributed by atoms with van der Waals surface area (Å²) < 4.78 is 0. The van der Waals surface area contributed by atoms with E-state index in [1.54, 1.807) is 0 Å². The van der Waals surface area contributed by atoms with Gasteiger partial charge in [-0.3, -0.25) is 4.90 Å². The number of amidine groups is 1. The Morgan fingerprint density at radius 2 is 2.11 bits per heavy atom. The highest BCUT2D eigenvalue weighted by molar-refractivity contribution is 5.97. The molecule has 0 spiro atoms. The lowest BCUT2D eigenvalue weighted by molar-refractivity contribution is -0.00730. The Morgan fingerprint density at radius 3 is 2.74 bits per heavy atom. The van der Waals surface area contributed by atoms with Crippen LogP contribution in [0.15, 0.2) is 29.4 Å². The average molecular weight is 263 g/mol. The molecule has 0 aromatic heterocycles. The summed E-state index contributed by atoms with van der Waals surface area (Å²) >= 11 is 0. The molecule has 2 rings (SSSR count). The fourth-order valence-electron chi connectivity index (χ4n) is 2.34. The molecule has 0 aliphatic carbocycles. The predicted molar refractivity (Wildman–Crippen MR) is 74.1 cm³/mol. The third-order valence-electron chi connectivity index (χ3n) is 3.67. The van der Waals surface area contributed by atoms with Crippen LogP contribution in [0.4, 0.5) is 0 Å². The zero-order chi connectivity index (χ0) is 13.9. The molecule has 1 aromatic carbocycles. The van der Waals surface area contributed by atoms with Crippen LogP contribution >= 0.6 is 0 Å². The van der Waals surface area contributed by atoms with E-state index in [0.29, 0.717) is 0 Å².